The van der Waals surface area contributed by atoms with Crippen LogP contribution in [0.2, 0.25) is 5.02 Å². The van der Waals surface area contributed by atoms with Crippen LogP contribution in [0.5, 0.6) is 0 Å². The van der Waals surface area contributed by atoms with E-state index in [0.717, 1.165) is 12.8 Å². The van der Waals surface area contributed by atoms with Gasteiger partial charge in [0.2, 0.25) is 5.91 Å². The molecular weight excluding hydrogens is 315 g/mol. The van der Waals surface area contributed by atoms with E-state index in [4.69, 9.17) is 11.6 Å². The Bertz CT molecular complexity index is 769. The van der Waals surface area contributed by atoms with Gasteiger partial charge in [-0.25, -0.2) is 4.39 Å². The molecule has 1 saturated carbocycles. The highest BCUT2D eigenvalue weighted by molar-refractivity contribution is 6.33. The molecule has 2 aromatic rings. The summed E-state index contributed by atoms with van der Waals surface area (Å²) >= 11 is 6.15. The van der Waals surface area contributed by atoms with Crippen molar-refractivity contribution in [3.05, 3.63) is 53.3 Å². The average Bonchev–Trinajstić information content (AvgIpc) is 3.16. The van der Waals surface area contributed by atoms with Crippen molar-refractivity contribution >= 4 is 23.2 Å². The molecule has 1 saturated heterocycles. The van der Waals surface area contributed by atoms with E-state index in [1.807, 2.05) is 0 Å². The molecule has 1 heterocycles. The molecule has 1 aliphatic carbocycles. The van der Waals surface area contributed by atoms with Gasteiger partial charge in [0.05, 0.1) is 11.7 Å². The van der Waals surface area contributed by atoms with Gasteiger partial charge in [0.1, 0.15) is 0 Å². The van der Waals surface area contributed by atoms with Crippen molar-refractivity contribution in [3.8, 4) is 11.1 Å². The molecule has 4 rings (SSSR count). The number of benzene rings is 2. The van der Waals surface area contributed by atoms with Crippen LogP contribution in [-0.4, -0.2) is 18.0 Å². The normalized spacial score (nSPS) is 25.0. The van der Waals surface area contributed by atoms with Crippen LogP contribution >= 0.6 is 11.6 Å². The van der Waals surface area contributed by atoms with Crippen LogP contribution in [0.4, 0.5) is 10.1 Å². The van der Waals surface area contributed by atoms with E-state index in [-0.39, 0.29) is 17.6 Å². The van der Waals surface area contributed by atoms with Crippen LogP contribution in [0.3, 0.4) is 0 Å². The Balaban J connectivity index is 1.59. The lowest BCUT2D eigenvalue weighted by atomic mass is 10.0. The number of fused-ring (bicyclic) bond motifs is 1. The molecule has 118 valence electrons. The van der Waals surface area contributed by atoms with Crippen LogP contribution in [0.1, 0.15) is 12.8 Å². The highest BCUT2D eigenvalue weighted by Crippen LogP contribution is 2.41. The first-order chi connectivity index (χ1) is 11.1. The van der Waals surface area contributed by atoms with Gasteiger partial charge in [-0.1, -0.05) is 41.9 Å². The number of anilines is 1. The number of amides is 1. The Morgan fingerprint density at radius 1 is 1.13 bits per heavy atom. The van der Waals surface area contributed by atoms with Crippen LogP contribution in [0.25, 0.3) is 11.1 Å². The number of rotatable bonds is 3. The number of halogens is 2. The summed E-state index contributed by atoms with van der Waals surface area (Å²) < 4.78 is 14.8. The second-order valence-corrected chi connectivity index (χ2v) is 6.60. The number of carbonyl (C=O) groups is 1. The first-order valence-electron chi connectivity index (χ1n) is 7.74. The van der Waals surface area contributed by atoms with Gasteiger partial charge < -0.3 is 10.6 Å². The maximum Gasteiger partial charge on any atom is 0.241 e. The average molecular weight is 331 g/mol. The molecule has 0 aromatic heterocycles. The van der Waals surface area contributed by atoms with Gasteiger partial charge in [-0.05, 0) is 30.9 Å². The van der Waals surface area contributed by atoms with Crippen LogP contribution in [0, 0.1) is 11.7 Å². The Morgan fingerprint density at radius 3 is 2.65 bits per heavy atom. The molecule has 0 spiro atoms. The zero-order valence-corrected chi connectivity index (χ0v) is 13.1. The van der Waals surface area contributed by atoms with Gasteiger partial charge in [-0.3, -0.25) is 4.79 Å². The van der Waals surface area contributed by atoms with Crippen LogP contribution in [0.15, 0.2) is 42.5 Å². The minimum absolute atomic E-state index is 0.174. The summed E-state index contributed by atoms with van der Waals surface area (Å²) in [5.41, 5.74) is 1.19. The number of carbonyl (C=O) groups excluding carboxylic acids is 1. The zero-order valence-electron chi connectivity index (χ0n) is 12.4. The molecule has 0 radical (unpaired) electrons. The van der Waals surface area contributed by atoms with E-state index in [1.54, 1.807) is 42.5 Å². The second-order valence-electron chi connectivity index (χ2n) is 6.19. The van der Waals surface area contributed by atoms with Crippen LogP contribution in [-0.2, 0) is 4.79 Å². The van der Waals surface area contributed by atoms with Gasteiger partial charge in [-0.15, -0.1) is 0 Å². The predicted molar refractivity (Wildman–Crippen MR) is 88.9 cm³/mol. The highest BCUT2D eigenvalue weighted by Gasteiger charge is 2.47. The van der Waals surface area contributed by atoms with Crippen molar-refractivity contribution in [3.63, 3.8) is 0 Å². The van der Waals surface area contributed by atoms with E-state index in [2.05, 4.69) is 10.6 Å². The van der Waals surface area contributed by atoms with Crippen molar-refractivity contribution in [2.45, 2.75) is 24.9 Å². The second kappa shape index (κ2) is 5.62. The molecule has 2 fully saturated rings. The summed E-state index contributed by atoms with van der Waals surface area (Å²) in [4.78, 5) is 12.3. The van der Waals surface area contributed by atoms with E-state index in [0.29, 0.717) is 28.1 Å². The van der Waals surface area contributed by atoms with Gasteiger partial charge in [0.15, 0.2) is 5.82 Å². The van der Waals surface area contributed by atoms with Gasteiger partial charge >= 0.3 is 0 Å². The number of piperidine rings is 1. The smallest absolute Gasteiger partial charge is 0.241 e. The predicted octanol–water partition coefficient (Wildman–Crippen LogP) is 3.84. The molecule has 1 amide bonds. The molecule has 5 heteroatoms. The summed E-state index contributed by atoms with van der Waals surface area (Å²) in [5, 5.41) is 6.45. The number of nitrogens with one attached hydrogen (secondary N) is 2. The summed E-state index contributed by atoms with van der Waals surface area (Å²) in [6, 6.07) is 12.3. The molecule has 2 N–H and O–H groups in total. The van der Waals surface area contributed by atoms with Crippen molar-refractivity contribution in [1.82, 2.24) is 5.32 Å². The zero-order chi connectivity index (χ0) is 16.0. The lowest BCUT2D eigenvalue weighted by molar-refractivity contribution is -0.118. The van der Waals surface area contributed by atoms with Crippen molar-refractivity contribution in [2.24, 2.45) is 5.92 Å². The fraction of sp³-hybridized carbons (Fsp3) is 0.278. The first kappa shape index (κ1) is 14.7. The summed E-state index contributed by atoms with van der Waals surface area (Å²) in [7, 11) is 0. The van der Waals surface area contributed by atoms with E-state index in [1.165, 1.54) is 0 Å². The molecule has 23 heavy (non-hydrogen) atoms. The monoisotopic (exact) mass is 330 g/mol. The molecule has 3 atom stereocenters. The Morgan fingerprint density at radius 2 is 1.91 bits per heavy atom. The third-order valence-electron chi connectivity index (χ3n) is 4.61. The van der Waals surface area contributed by atoms with Crippen LogP contribution < -0.4 is 10.6 Å². The lowest BCUT2D eigenvalue weighted by Crippen LogP contribution is -2.38. The summed E-state index contributed by atoms with van der Waals surface area (Å²) in [6.07, 6.45) is 1.99. The molecule has 3 unspecified atom stereocenters. The topological polar surface area (TPSA) is 41.1 Å². The fourth-order valence-corrected chi connectivity index (χ4v) is 3.50. The van der Waals surface area contributed by atoms with Gasteiger partial charge in [0, 0.05) is 22.2 Å². The Hall–Kier alpha value is -1.91. The quantitative estimate of drug-likeness (QED) is 0.898. The molecule has 2 aliphatic rings. The number of hydrogen-bond donors (Lipinski definition) is 2. The van der Waals surface area contributed by atoms with Crippen molar-refractivity contribution in [2.75, 3.05) is 5.32 Å². The lowest BCUT2D eigenvalue weighted by Gasteiger charge is -2.15. The third kappa shape index (κ3) is 2.73. The summed E-state index contributed by atoms with van der Waals surface area (Å²) in [5.74, 6) is -0.0189. The maximum atomic E-state index is 14.8. The minimum atomic E-state index is -0.461. The molecule has 3 nitrogen and oxygen atoms in total. The SMILES string of the molecule is O=C(Nc1cccc(-c2ccccc2Cl)c1F)C1CC2CC2N1. The molecule has 1 aliphatic heterocycles. The van der Waals surface area contributed by atoms with E-state index < -0.39 is 5.82 Å². The third-order valence-corrected chi connectivity index (χ3v) is 4.94. The molecule has 2 aromatic carbocycles. The van der Waals surface area contributed by atoms with Gasteiger partial charge in [0.25, 0.3) is 0 Å². The Labute approximate surface area is 138 Å². The maximum absolute atomic E-state index is 14.8. The van der Waals surface area contributed by atoms with Gasteiger partial charge in [-0.2, -0.15) is 0 Å². The summed E-state index contributed by atoms with van der Waals surface area (Å²) in [6.45, 7) is 0. The van der Waals surface area contributed by atoms with E-state index >= 15 is 0 Å². The standard InChI is InChI=1S/C18H16ClFN2O/c19-13-6-2-1-4-11(13)12-5-3-7-14(17(12)20)22-18(23)16-9-10-8-15(10)21-16/h1-7,10,15-16,21H,8-9H2,(H,22,23). The highest BCUT2D eigenvalue weighted by atomic mass is 35.5. The largest absolute Gasteiger partial charge is 0.322 e. The fourth-order valence-electron chi connectivity index (χ4n) is 3.26. The van der Waals surface area contributed by atoms with Crippen molar-refractivity contribution < 1.29 is 9.18 Å². The molecule has 0 bridgehead atoms. The Kier molecular flexibility index (Phi) is 3.58. The minimum Gasteiger partial charge on any atom is -0.322 e. The number of hydrogen-bond acceptors (Lipinski definition) is 2. The molecular formula is C18H16ClFN2O. The van der Waals surface area contributed by atoms with E-state index in [9.17, 15) is 9.18 Å². The first-order valence-corrected chi connectivity index (χ1v) is 8.11. The van der Waals surface area contributed by atoms with Crippen molar-refractivity contribution in [1.29, 1.82) is 0 Å².